The fraction of sp³-hybridized carbons (Fsp3) is 0.267. The van der Waals surface area contributed by atoms with Gasteiger partial charge < -0.3 is 15.0 Å². The fourth-order valence-electron chi connectivity index (χ4n) is 1.83. The average Bonchev–Trinajstić information content (AvgIpc) is 2.52. The lowest BCUT2D eigenvalue weighted by Gasteiger charge is -2.06. The Hall–Kier alpha value is -2.47. The Labute approximate surface area is 122 Å². The number of rotatable bonds is 6. The van der Waals surface area contributed by atoms with Crippen LogP contribution in [0, 0.1) is 0 Å². The van der Waals surface area contributed by atoms with Gasteiger partial charge in [0.1, 0.15) is 5.56 Å². The SMILES string of the molecule is CCOCCNC(=O)c1ccc(-c2ccncc2)[nH]c1=O. The second kappa shape index (κ2) is 7.35. The van der Waals surface area contributed by atoms with E-state index in [-0.39, 0.29) is 5.56 Å². The van der Waals surface area contributed by atoms with E-state index in [2.05, 4.69) is 15.3 Å². The number of pyridine rings is 2. The summed E-state index contributed by atoms with van der Waals surface area (Å²) in [7, 11) is 0. The molecule has 6 heteroatoms. The van der Waals surface area contributed by atoms with Crippen molar-refractivity contribution in [3.63, 3.8) is 0 Å². The van der Waals surface area contributed by atoms with Crippen LogP contribution in [0.25, 0.3) is 11.3 Å². The predicted octanol–water partition coefficient (Wildman–Crippen LogP) is 1.20. The maximum Gasteiger partial charge on any atom is 0.261 e. The highest BCUT2D eigenvalue weighted by molar-refractivity contribution is 5.94. The molecule has 2 aromatic rings. The zero-order valence-electron chi connectivity index (χ0n) is 11.8. The molecule has 0 saturated heterocycles. The molecular formula is C15H17N3O3. The van der Waals surface area contributed by atoms with Crippen LogP contribution >= 0.6 is 0 Å². The predicted molar refractivity (Wildman–Crippen MR) is 79.1 cm³/mol. The van der Waals surface area contributed by atoms with E-state index in [0.717, 1.165) is 5.56 Å². The zero-order valence-corrected chi connectivity index (χ0v) is 11.8. The van der Waals surface area contributed by atoms with E-state index >= 15 is 0 Å². The Morgan fingerprint density at radius 1 is 1.29 bits per heavy atom. The van der Waals surface area contributed by atoms with Crippen LogP contribution in [0.2, 0.25) is 0 Å². The molecule has 110 valence electrons. The fourth-order valence-corrected chi connectivity index (χ4v) is 1.83. The Morgan fingerprint density at radius 2 is 2.05 bits per heavy atom. The van der Waals surface area contributed by atoms with Crippen molar-refractivity contribution in [1.82, 2.24) is 15.3 Å². The molecule has 0 fully saturated rings. The lowest BCUT2D eigenvalue weighted by Crippen LogP contribution is -2.32. The lowest BCUT2D eigenvalue weighted by atomic mass is 10.1. The largest absolute Gasteiger partial charge is 0.380 e. The van der Waals surface area contributed by atoms with Gasteiger partial charge in [-0.05, 0) is 31.2 Å². The van der Waals surface area contributed by atoms with Crippen LogP contribution in [-0.4, -0.2) is 35.6 Å². The Bertz CT molecular complexity index is 653. The van der Waals surface area contributed by atoms with Crippen molar-refractivity contribution in [3.8, 4) is 11.3 Å². The number of ether oxygens (including phenoxy) is 1. The first-order chi connectivity index (χ1) is 10.2. The topological polar surface area (TPSA) is 84.1 Å². The summed E-state index contributed by atoms with van der Waals surface area (Å²) >= 11 is 0. The van der Waals surface area contributed by atoms with Gasteiger partial charge in [-0.25, -0.2) is 0 Å². The molecule has 6 nitrogen and oxygen atoms in total. The number of carbonyl (C=O) groups is 1. The van der Waals surface area contributed by atoms with Gasteiger partial charge in [0.25, 0.3) is 11.5 Å². The van der Waals surface area contributed by atoms with Gasteiger partial charge in [-0.2, -0.15) is 0 Å². The summed E-state index contributed by atoms with van der Waals surface area (Å²) in [5, 5.41) is 2.64. The van der Waals surface area contributed by atoms with Crippen LogP contribution in [0.1, 0.15) is 17.3 Å². The smallest absolute Gasteiger partial charge is 0.261 e. The molecule has 0 aliphatic rings. The molecule has 0 aliphatic heterocycles. The maximum absolute atomic E-state index is 12.0. The first-order valence-electron chi connectivity index (χ1n) is 6.72. The lowest BCUT2D eigenvalue weighted by molar-refractivity contribution is 0.0921. The van der Waals surface area contributed by atoms with Crippen molar-refractivity contribution in [2.75, 3.05) is 19.8 Å². The Balaban J connectivity index is 2.09. The third-order valence-electron chi connectivity index (χ3n) is 2.88. The molecule has 2 N–H and O–H groups in total. The number of hydrogen-bond acceptors (Lipinski definition) is 4. The summed E-state index contributed by atoms with van der Waals surface area (Å²) in [6, 6.07) is 6.79. The average molecular weight is 287 g/mol. The van der Waals surface area contributed by atoms with Crippen molar-refractivity contribution >= 4 is 5.91 Å². The standard InChI is InChI=1S/C15H17N3O3/c1-2-21-10-9-17-14(19)12-3-4-13(18-15(12)20)11-5-7-16-8-6-11/h3-8H,2,9-10H2,1H3,(H,17,19)(H,18,20). The molecule has 0 saturated carbocycles. The van der Waals surface area contributed by atoms with Gasteiger partial charge in [-0.3, -0.25) is 14.6 Å². The quantitative estimate of drug-likeness (QED) is 0.782. The summed E-state index contributed by atoms with van der Waals surface area (Å²) in [5.74, 6) is -0.405. The molecule has 0 unspecified atom stereocenters. The van der Waals surface area contributed by atoms with E-state index in [0.29, 0.717) is 25.5 Å². The minimum atomic E-state index is -0.418. The van der Waals surface area contributed by atoms with E-state index in [1.807, 2.05) is 6.92 Å². The van der Waals surface area contributed by atoms with Crippen LogP contribution in [0.4, 0.5) is 0 Å². The third kappa shape index (κ3) is 4.00. The summed E-state index contributed by atoms with van der Waals surface area (Å²) in [6.45, 7) is 3.27. The summed E-state index contributed by atoms with van der Waals surface area (Å²) in [4.78, 5) is 30.5. The maximum atomic E-state index is 12.0. The van der Waals surface area contributed by atoms with Gasteiger partial charge in [0.15, 0.2) is 0 Å². The van der Waals surface area contributed by atoms with Crippen molar-refractivity contribution in [3.05, 3.63) is 52.6 Å². The highest BCUT2D eigenvalue weighted by atomic mass is 16.5. The molecule has 21 heavy (non-hydrogen) atoms. The van der Waals surface area contributed by atoms with E-state index in [4.69, 9.17) is 4.74 Å². The first kappa shape index (κ1) is 14.9. The zero-order chi connectivity index (χ0) is 15.1. The molecular weight excluding hydrogens is 270 g/mol. The number of carbonyl (C=O) groups excluding carboxylic acids is 1. The van der Waals surface area contributed by atoms with E-state index in [1.54, 1.807) is 30.6 Å². The molecule has 0 atom stereocenters. The molecule has 2 aromatic heterocycles. The molecule has 0 aromatic carbocycles. The van der Waals surface area contributed by atoms with Gasteiger partial charge in [0, 0.05) is 36.8 Å². The van der Waals surface area contributed by atoms with Crippen LogP contribution in [0.3, 0.4) is 0 Å². The van der Waals surface area contributed by atoms with Crippen molar-refractivity contribution in [1.29, 1.82) is 0 Å². The normalized spacial score (nSPS) is 10.3. The van der Waals surface area contributed by atoms with Crippen molar-refractivity contribution in [2.24, 2.45) is 0 Å². The molecule has 0 radical (unpaired) electrons. The molecule has 0 spiro atoms. The Morgan fingerprint density at radius 3 is 2.71 bits per heavy atom. The van der Waals surface area contributed by atoms with Crippen LogP contribution in [0.5, 0.6) is 0 Å². The molecule has 0 bridgehead atoms. The summed E-state index contributed by atoms with van der Waals surface area (Å²) in [6.07, 6.45) is 3.28. The number of hydrogen-bond donors (Lipinski definition) is 2. The summed E-state index contributed by atoms with van der Waals surface area (Å²) < 4.78 is 5.12. The Kier molecular flexibility index (Phi) is 5.22. The molecule has 2 heterocycles. The molecule has 1 amide bonds. The van der Waals surface area contributed by atoms with Gasteiger partial charge >= 0.3 is 0 Å². The van der Waals surface area contributed by atoms with Crippen LogP contribution in [0.15, 0.2) is 41.5 Å². The second-order valence-corrected chi connectivity index (χ2v) is 4.30. The number of H-pyrrole nitrogens is 1. The second-order valence-electron chi connectivity index (χ2n) is 4.30. The van der Waals surface area contributed by atoms with E-state index < -0.39 is 11.5 Å². The van der Waals surface area contributed by atoms with Crippen LogP contribution < -0.4 is 10.9 Å². The highest BCUT2D eigenvalue weighted by Gasteiger charge is 2.10. The minimum Gasteiger partial charge on any atom is -0.380 e. The van der Waals surface area contributed by atoms with Gasteiger partial charge in [-0.1, -0.05) is 0 Å². The van der Waals surface area contributed by atoms with Gasteiger partial charge in [0.2, 0.25) is 0 Å². The molecule has 0 aliphatic carbocycles. The highest BCUT2D eigenvalue weighted by Crippen LogP contribution is 2.13. The van der Waals surface area contributed by atoms with Crippen molar-refractivity contribution < 1.29 is 9.53 Å². The van der Waals surface area contributed by atoms with Gasteiger partial charge in [0.05, 0.1) is 6.61 Å². The van der Waals surface area contributed by atoms with Gasteiger partial charge in [-0.15, -0.1) is 0 Å². The first-order valence-corrected chi connectivity index (χ1v) is 6.72. The van der Waals surface area contributed by atoms with E-state index in [9.17, 15) is 9.59 Å². The number of aromatic nitrogens is 2. The molecule has 2 rings (SSSR count). The number of aromatic amines is 1. The number of amides is 1. The number of nitrogens with zero attached hydrogens (tertiary/aromatic N) is 1. The monoisotopic (exact) mass is 287 g/mol. The van der Waals surface area contributed by atoms with E-state index in [1.165, 1.54) is 6.07 Å². The summed E-state index contributed by atoms with van der Waals surface area (Å²) in [5.41, 5.74) is 1.15. The van der Waals surface area contributed by atoms with Crippen molar-refractivity contribution in [2.45, 2.75) is 6.92 Å². The van der Waals surface area contributed by atoms with Crippen LogP contribution in [-0.2, 0) is 4.74 Å². The minimum absolute atomic E-state index is 0.0873. The third-order valence-corrected chi connectivity index (χ3v) is 2.88. The number of nitrogens with one attached hydrogen (secondary N) is 2.